The molecule has 68 valence electrons. The largest absolute Gasteiger partial charge is 0.391 e. The summed E-state index contributed by atoms with van der Waals surface area (Å²) in [5.74, 6) is 0.952. The van der Waals surface area contributed by atoms with E-state index in [1.165, 1.54) is 0 Å². The van der Waals surface area contributed by atoms with Crippen LogP contribution in [0.4, 0.5) is 0 Å². The smallest absolute Gasteiger partial charge is 0.0713 e. The highest BCUT2D eigenvalue weighted by Gasteiger charge is 2.18. The predicted octanol–water partition coefficient (Wildman–Crippen LogP) is 1.38. The van der Waals surface area contributed by atoms with E-state index in [9.17, 15) is 5.11 Å². The average molecular weight is 159 g/mol. The number of aliphatic hydroxyl groups is 1. The van der Waals surface area contributed by atoms with Crippen molar-refractivity contribution >= 4 is 0 Å². The van der Waals surface area contributed by atoms with E-state index in [4.69, 9.17) is 5.73 Å². The molecule has 0 aliphatic heterocycles. The van der Waals surface area contributed by atoms with E-state index in [1.807, 2.05) is 13.8 Å². The third-order valence-corrected chi connectivity index (χ3v) is 1.96. The lowest BCUT2D eigenvalue weighted by molar-refractivity contribution is 0.0850. The van der Waals surface area contributed by atoms with Crippen molar-refractivity contribution in [2.45, 2.75) is 46.3 Å². The maximum atomic E-state index is 9.52. The van der Waals surface area contributed by atoms with Crippen molar-refractivity contribution in [3.63, 3.8) is 0 Å². The number of hydrogen-bond donors (Lipinski definition) is 2. The van der Waals surface area contributed by atoms with Gasteiger partial charge in [-0.1, -0.05) is 20.8 Å². The van der Waals surface area contributed by atoms with Crippen LogP contribution < -0.4 is 5.73 Å². The van der Waals surface area contributed by atoms with Crippen LogP contribution in [0.1, 0.15) is 34.1 Å². The molecule has 0 heterocycles. The van der Waals surface area contributed by atoms with Crippen molar-refractivity contribution in [3.05, 3.63) is 0 Å². The summed E-state index contributed by atoms with van der Waals surface area (Å²) >= 11 is 0. The van der Waals surface area contributed by atoms with E-state index >= 15 is 0 Å². The number of nitrogens with two attached hydrogens (primary N) is 1. The molecular weight excluding hydrogens is 138 g/mol. The zero-order valence-corrected chi connectivity index (χ0v) is 8.04. The molecule has 0 amide bonds. The molecule has 0 fully saturated rings. The SMILES string of the molecule is CC(C)CC(C)C(O)C(C)N. The van der Waals surface area contributed by atoms with Crippen molar-refractivity contribution in [2.24, 2.45) is 17.6 Å². The predicted molar refractivity (Wildman–Crippen MR) is 48.3 cm³/mol. The van der Waals surface area contributed by atoms with Crippen molar-refractivity contribution in [3.8, 4) is 0 Å². The van der Waals surface area contributed by atoms with Gasteiger partial charge in [-0.05, 0) is 25.2 Å². The van der Waals surface area contributed by atoms with Gasteiger partial charge < -0.3 is 10.8 Å². The molecule has 0 aromatic carbocycles. The van der Waals surface area contributed by atoms with Crippen LogP contribution in [0, 0.1) is 11.8 Å². The van der Waals surface area contributed by atoms with Gasteiger partial charge >= 0.3 is 0 Å². The molecule has 3 unspecified atom stereocenters. The first kappa shape index (κ1) is 10.9. The first-order valence-electron chi connectivity index (χ1n) is 4.38. The fraction of sp³-hybridized carbons (Fsp3) is 1.00. The second kappa shape index (κ2) is 4.73. The minimum Gasteiger partial charge on any atom is -0.391 e. The van der Waals surface area contributed by atoms with Gasteiger partial charge in [-0.3, -0.25) is 0 Å². The lowest BCUT2D eigenvalue weighted by Crippen LogP contribution is -2.36. The summed E-state index contributed by atoms with van der Waals surface area (Å²) in [6.45, 7) is 8.21. The van der Waals surface area contributed by atoms with E-state index in [1.54, 1.807) is 0 Å². The van der Waals surface area contributed by atoms with Gasteiger partial charge in [0.05, 0.1) is 6.10 Å². The molecule has 11 heavy (non-hydrogen) atoms. The third kappa shape index (κ3) is 4.38. The first-order chi connectivity index (χ1) is 4.95. The van der Waals surface area contributed by atoms with E-state index in [2.05, 4.69) is 13.8 Å². The van der Waals surface area contributed by atoms with Crippen LogP contribution in [0.25, 0.3) is 0 Å². The highest BCUT2D eigenvalue weighted by Crippen LogP contribution is 2.16. The van der Waals surface area contributed by atoms with Crippen LogP contribution in [-0.2, 0) is 0 Å². The Labute approximate surface area is 69.8 Å². The quantitative estimate of drug-likeness (QED) is 0.651. The molecule has 3 N–H and O–H groups in total. The molecule has 0 saturated carbocycles. The second-order valence-electron chi connectivity index (χ2n) is 3.96. The molecule has 0 aromatic rings. The zero-order valence-electron chi connectivity index (χ0n) is 8.04. The number of aliphatic hydroxyl groups excluding tert-OH is 1. The molecule has 2 nitrogen and oxygen atoms in total. The van der Waals surface area contributed by atoms with E-state index < -0.39 is 0 Å². The molecule has 3 atom stereocenters. The van der Waals surface area contributed by atoms with Gasteiger partial charge in [-0.15, -0.1) is 0 Å². The van der Waals surface area contributed by atoms with Gasteiger partial charge in [0.2, 0.25) is 0 Å². The van der Waals surface area contributed by atoms with Crippen LogP contribution >= 0.6 is 0 Å². The van der Waals surface area contributed by atoms with Crippen LogP contribution in [0.3, 0.4) is 0 Å². The maximum Gasteiger partial charge on any atom is 0.0713 e. The molecule has 0 aliphatic rings. The number of hydrogen-bond acceptors (Lipinski definition) is 2. The Morgan fingerprint density at radius 3 is 1.91 bits per heavy atom. The van der Waals surface area contributed by atoms with Gasteiger partial charge in [-0.25, -0.2) is 0 Å². The zero-order chi connectivity index (χ0) is 9.02. The Morgan fingerprint density at radius 1 is 1.18 bits per heavy atom. The topological polar surface area (TPSA) is 46.2 Å². The molecule has 0 spiro atoms. The molecule has 0 saturated heterocycles. The fourth-order valence-electron chi connectivity index (χ4n) is 1.40. The molecule has 0 radical (unpaired) electrons. The van der Waals surface area contributed by atoms with Crippen molar-refractivity contribution in [1.29, 1.82) is 0 Å². The highest BCUT2D eigenvalue weighted by atomic mass is 16.3. The van der Waals surface area contributed by atoms with Gasteiger partial charge in [0.1, 0.15) is 0 Å². The van der Waals surface area contributed by atoms with Crippen LogP contribution in [0.2, 0.25) is 0 Å². The normalized spacial score (nSPS) is 19.9. The average Bonchev–Trinajstić information content (AvgIpc) is 1.84. The summed E-state index contributed by atoms with van der Waals surface area (Å²) in [6.07, 6.45) is 0.695. The van der Waals surface area contributed by atoms with Crippen LogP contribution in [-0.4, -0.2) is 17.3 Å². The summed E-state index contributed by atoms with van der Waals surface area (Å²) in [4.78, 5) is 0. The van der Waals surface area contributed by atoms with E-state index in [0.717, 1.165) is 6.42 Å². The summed E-state index contributed by atoms with van der Waals surface area (Å²) in [5, 5.41) is 9.52. The third-order valence-electron chi connectivity index (χ3n) is 1.96. The molecule has 0 aromatic heterocycles. The molecule has 0 aliphatic carbocycles. The van der Waals surface area contributed by atoms with Crippen molar-refractivity contribution < 1.29 is 5.11 Å². The molecule has 2 heteroatoms. The minimum atomic E-state index is -0.350. The van der Waals surface area contributed by atoms with Crippen molar-refractivity contribution in [2.75, 3.05) is 0 Å². The fourth-order valence-corrected chi connectivity index (χ4v) is 1.40. The summed E-state index contributed by atoms with van der Waals surface area (Å²) < 4.78 is 0. The Balaban J connectivity index is 3.73. The Kier molecular flexibility index (Phi) is 4.69. The van der Waals surface area contributed by atoms with Gasteiger partial charge in [-0.2, -0.15) is 0 Å². The lowest BCUT2D eigenvalue weighted by Gasteiger charge is -2.23. The summed E-state index contributed by atoms with van der Waals surface area (Å²) in [5.41, 5.74) is 5.56. The standard InChI is InChI=1S/C9H21NO/c1-6(2)5-7(3)9(11)8(4)10/h6-9,11H,5,10H2,1-4H3. The van der Waals surface area contributed by atoms with Gasteiger partial charge in [0, 0.05) is 6.04 Å². The van der Waals surface area contributed by atoms with E-state index in [-0.39, 0.29) is 12.1 Å². The lowest BCUT2D eigenvalue weighted by atomic mass is 9.91. The van der Waals surface area contributed by atoms with Crippen molar-refractivity contribution in [1.82, 2.24) is 0 Å². The number of rotatable bonds is 4. The first-order valence-corrected chi connectivity index (χ1v) is 4.38. The monoisotopic (exact) mass is 159 g/mol. The summed E-state index contributed by atoms with van der Waals surface area (Å²) in [6, 6.07) is -0.108. The Morgan fingerprint density at radius 2 is 1.64 bits per heavy atom. The highest BCUT2D eigenvalue weighted by molar-refractivity contribution is 4.73. The maximum absolute atomic E-state index is 9.52. The summed E-state index contributed by atoms with van der Waals surface area (Å²) in [7, 11) is 0. The van der Waals surface area contributed by atoms with Crippen LogP contribution in [0.15, 0.2) is 0 Å². The van der Waals surface area contributed by atoms with Gasteiger partial charge in [0.15, 0.2) is 0 Å². The van der Waals surface area contributed by atoms with Gasteiger partial charge in [0.25, 0.3) is 0 Å². The second-order valence-corrected chi connectivity index (χ2v) is 3.96. The Bertz CT molecular complexity index is 102. The Hall–Kier alpha value is -0.0800. The minimum absolute atomic E-state index is 0.108. The molecule has 0 rings (SSSR count). The molecular formula is C9H21NO. The van der Waals surface area contributed by atoms with Crippen LogP contribution in [0.5, 0.6) is 0 Å². The molecule has 0 bridgehead atoms. The van der Waals surface area contributed by atoms with E-state index in [0.29, 0.717) is 11.8 Å².